The number of carbonyl (C=O) groups excluding carboxylic acids is 1. The van der Waals surface area contributed by atoms with E-state index in [1.54, 1.807) is 0 Å². The molecule has 0 atom stereocenters. The smallest absolute Gasteiger partial charge is 0.231 e. The maximum absolute atomic E-state index is 12.2. The van der Waals surface area contributed by atoms with Crippen molar-refractivity contribution in [3.63, 3.8) is 0 Å². The molecular weight excluding hydrogens is 244 g/mol. The van der Waals surface area contributed by atoms with E-state index in [0.29, 0.717) is 18.8 Å². The molecule has 2 rings (SSSR count). The van der Waals surface area contributed by atoms with Gasteiger partial charge in [-0.1, -0.05) is 0 Å². The Balaban J connectivity index is 2.32. The molecule has 19 heavy (non-hydrogen) atoms. The number of amides is 1. The summed E-state index contributed by atoms with van der Waals surface area (Å²) in [4.78, 5) is 12.2. The summed E-state index contributed by atoms with van der Waals surface area (Å²) in [5, 5.41) is 2.83. The van der Waals surface area contributed by atoms with E-state index in [0.717, 1.165) is 16.9 Å². The topological polar surface area (TPSA) is 73.6 Å². The van der Waals surface area contributed by atoms with Gasteiger partial charge in [-0.2, -0.15) is 0 Å². The summed E-state index contributed by atoms with van der Waals surface area (Å²) >= 11 is 0. The number of ether oxygens (including phenoxy) is 2. The molecule has 0 fully saturated rings. The Morgan fingerprint density at radius 1 is 1.37 bits per heavy atom. The Hall–Kier alpha value is -1.75. The van der Waals surface area contributed by atoms with Crippen LogP contribution in [0, 0.1) is 6.92 Å². The van der Waals surface area contributed by atoms with Gasteiger partial charge in [0.25, 0.3) is 0 Å². The summed E-state index contributed by atoms with van der Waals surface area (Å²) < 4.78 is 10.7. The standard InChI is InChI=1S/C14H20N2O3/c1-9-6-11-12(19-8-18-11)7-10(9)14(2,3)13(17)16-5-4-15/h6-7H,4-5,8,15H2,1-3H3,(H,16,17). The fraction of sp³-hybridized carbons (Fsp3) is 0.500. The van der Waals surface area contributed by atoms with E-state index in [-0.39, 0.29) is 12.7 Å². The fourth-order valence-corrected chi connectivity index (χ4v) is 2.25. The lowest BCUT2D eigenvalue weighted by molar-refractivity contribution is -0.125. The van der Waals surface area contributed by atoms with Gasteiger partial charge in [0.1, 0.15) is 0 Å². The van der Waals surface area contributed by atoms with Crippen molar-refractivity contribution in [3.05, 3.63) is 23.3 Å². The van der Waals surface area contributed by atoms with E-state index in [9.17, 15) is 4.79 Å². The Morgan fingerprint density at radius 3 is 2.63 bits per heavy atom. The predicted octanol–water partition coefficient (Wildman–Crippen LogP) is 1.08. The molecule has 5 nitrogen and oxygen atoms in total. The maximum atomic E-state index is 12.2. The van der Waals surface area contributed by atoms with Crippen molar-refractivity contribution < 1.29 is 14.3 Å². The predicted molar refractivity (Wildman–Crippen MR) is 72.4 cm³/mol. The molecule has 1 aliphatic rings. The molecular formula is C14H20N2O3. The first-order valence-corrected chi connectivity index (χ1v) is 6.36. The molecule has 1 heterocycles. The number of hydrogen-bond acceptors (Lipinski definition) is 4. The second kappa shape index (κ2) is 5.09. The van der Waals surface area contributed by atoms with E-state index in [1.807, 2.05) is 32.9 Å². The van der Waals surface area contributed by atoms with E-state index >= 15 is 0 Å². The van der Waals surface area contributed by atoms with Gasteiger partial charge in [0, 0.05) is 13.1 Å². The lowest BCUT2D eigenvalue weighted by Crippen LogP contribution is -2.42. The van der Waals surface area contributed by atoms with Crippen LogP contribution in [-0.4, -0.2) is 25.8 Å². The second-order valence-electron chi connectivity index (χ2n) is 5.19. The number of fused-ring (bicyclic) bond motifs is 1. The van der Waals surface area contributed by atoms with E-state index in [2.05, 4.69) is 5.32 Å². The van der Waals surface area contributed by atoms with Crippen LogP contribution in [0.4, 0.5) is 0 Å². The van der Waals surface area contributed by atoms with E-state index < -0.39 is 5.41 Å². The summed E-state index contributed by atoms with van der Waals surface area (Å²) in [5.41, 5.74) is 6.72. The zero-order chi connectivity index (χ0) is 14.0. The zero-order valence-corrected chi connectivity index (χ0v) is 11.6. The molecule has 5 heteroatoms. The van der Waals surface area contributed by atoms with Gasteiger partial charge in [-0.15, -0.1) is 0 Å². The number of hydrogen-bond donors (Lipinski definition) is 2. The summed E-state index contributed by atoms with van der Waals surface area (Å²) in [6.45, 7) is 6.90. The molecule has 1 aliphatic heterocycles. The normalized spacial score (nSPS) is 13.5. The third-order valence-electron chi connectivity index (χ3n) is 3.39. The van der Waals surface area contributed by atoms with E-state index in [1.165, 1.54) is 0 Å². The highest BCUT2D eigenvalue weighted by Gasteiger charge is 2.32. The lowest BCUT2D eigenvalue weighted by atomic mass is 9.81. The molecule has 0 radical (unpaired) electrons. The zero-order valence-electron chi connectivity index (χ0n) is 11.6. The monoisotopic (exact) mass is 264 g/mol. The first-order chi connectivity index (χ1) is 8.96. The minimum Gasteiger partial charge on any atom is -0.454 e. The molecule has 0 saturated carbocycles. The number of nitrogens with two attached hydrogens (primary N) is 1. The fourth-order valence-electron chi connectivity index (χ4n) is 2.25. The van der Waals surface area contributed by atoms with Gasteiger partial charge in [0.2, 0.25) is 12.7 Å². The van der Waals surface area contributed by atoms with Crippen LogP contribution in [-0.2, 0) is 10.2 Å². The van der Waals surface area contributed by atoms with Gasteiger partial charge in [-0.3, -0.25) is 4.79 Å². The number of rotatable bonds is 4. The van der Waals surface area contributed by atoms with Crippen molar-refractivity contribution in [2.24, 2.45) is 5.73 Å². The van der Waals surface area contributed by atoms with Crippen LogP contribution >= 0.6 is 0 Å². The number of nitrogens with one attached hydrogen (secondary N) is 1. The maximum Gasteiger partial charge on any atom is 0.231 e. The highest BCUT2D eigenvalue weighted by atomic mass is 16.7. The van der Waals surface area contributed by atoms with Crippen LogP contribution in [0.25, 0.3) is 0 Å². The van der Waals surface area contributed by atoms with Crippen LogP contribution in [0.15, 0.2) is 12.1 Å². The Bertz CT molecular complexity index is 498. The largest absolute Gasteiger partial charge is 0.454 e. The van der Waals surface area contributed by atoms with Crippen LogP contribution in [0.1, 0.15) is 25.0 Å². The van der Waals surface area contributed by atoms with Crippen LogP contribution < -0.4 is 20.5 Å². The average Bonchev–Trinajstić information content (AvgIpc) is 2.81. The molecule has 3 N–H and O–H groups in total. The molecule has 0 unspecified atom stereocenters. The van der Waals surface area contributed by atoms with Gasteiger partial charge >= 0.3 is 0 Å². The van der Waals surface area contributed by atoms with Crippen molar-refractivity contribution in [2.45, 2.75) is 26.2 Å². The molecule has 0 bridgehead atoms. The molecule has 0 spiro atoms. The Morgan fingerprint density at radius 2 is 2.00 bits per heavy atom. The van der Waals surface area contributed by atoms with Crippen LogP contribution in [0.5, 0.6) is 11.5 Å². The van der Waals surface area contributed by atoms with Crippen molar-refractivity contribution in [2.75, 3.05) is 19.9 Å². The lowest BCUT2D eigenvalue weighted by Gasteiger charge is -2.26. The molecule has 0 aromatic heterocycles. The molecule has 104 valence electrons. The van der Waals surface area contributed by atoms with Gasteiger partial charge in [-0.25, -0.2) is 0 Å². The Labute approximate surface area is 113 Å². The summed E-state index contributed by atoms with van der Waals surface area (Å²) in [5.74, 6) is 1.39. The quantitative estimate of drug-likeness (QED) is 0.853. The van der Waals surface area contributed by atoms with Crippen molar-refractivity contribution in [1.82, 2.24) is 5.32 Å². The highest BCUT2D eigenvalue weighted by Crippen LogP contribution is 2.38. The highest BCUT2D eigenvalue weighted by molar-refractivity contribution is 5.88. The van der Waals surface area contributed by atoms with E-state index in [4.69, 9.17) is 15.2 Å². The third-order valence-corrected chi connectivity index (χ3v) is 3.39. The number of aryl methyl sites for hydroxylation is 1. The minimum absolute atomic E-state index is 0.0417. The van der Waals surface area contributed by atoms with Crippen LogP contribution in [0.3, 0.4) is 0 Å². The number of benzene rings is 1. The summed E-state index contributed by atoms with van der Waals surface area (Å²) in [7, 11) is 0. The molecule has 0 saturated heterocycles. The first-order valence-electron chi connectivity index (χ1n) is 6.36. The average molecular weight is 264 g/mol. The van der Waals surface area contributed by atoms with Gasteiger partial charge in [0.15, 0.2) is 11.5 Å². The van der Waals surface area contributed by atoms with Gasteiger partial charge in [0.05, 0.1) is 5.41 Å². The van der Waals surface area contributed by atoms with Gasteiger partial charge < -0.3 is 20.5 Å². The van der Waals surface area contributed by atoms with Crippen molar-refractivity contribution >= 4 is 5.91 Å². The minimum atomic E-state index is -0.639. The van der Waals surface area contributed by atoms with Crippen molar-refractivity contribution in [1.29, 1.82) is 0 Å². The molecule has 0 aliphatic carbocycles. The van der Waals surface area contributed by atoms with Crippen molar-refractivity contribution in [3.8, 4) is 11.5 Å². The summed E-state index contributed by atoms with van der Waals surface area (Å²) in [6.07, 6.45) is 0. The SMILES string of the molecule is Cc1cc2c(cc1C(C)(C)C(=O)NCCN)OCO2. The van der Waals surface area contributed by atoms with Gasteiger partial charge in [-0.05, 0) is 44.0 Å². The molecule has 1 aromatic carbocycles. The molecule has 1 aromatic rings. The second-order valence-corrected chi connectivity index (χ2v) is 5.19. The first kappa shape index (κ1) is 13.7. The third kappa shape index (κ3) is 2.51. The Kier molecular flexibility index (Phi) is 3.66. The molecule has 1 amide bonds. The van der Waals surface area contributed by atoms with Crippen LogP contribution in [0.2, 0.25) is 0 Å². The summed E-state index contributed by atoms with van der Waals surface area (Å²) in [6, 6.07) is 3.80. The number of carbonyl (C=O) groups is 1.